The second kappa shape index (κ2) is 5.85. The zero-order valence-corrected chi connectivity index (χ0v) is 12.5. The predicted octanol–water partition coefficient (Wildman–Crippen LogP) is 2.41. The number of rotatable bonds is 6. The van der Waals surface area contributed by atoms with E-state index in [0.29, 0.717) is 4.90 Å². The number of aryl methyl sites for hydroxylation is 1. The Morgan fingerprint density at radius 2 is 1.72 bits per heavy atom. The average Bonchev–Trinajstić information content (AvgIpc) is 2.37. The minimum absolute atomic E-state index is 0.105. The Labute approximate surface area is 111 Å². The first-order valence-electron chi connectivity index (χ1n) is 6.31. The molecule has 0 atom stereocenters. The lowest BCUT2D eigenvalue weighted by atomic mass is 9.96. The van der Waals surface area contributed by atoms with Gasteiger partial charge in [-0.15, -0.1) is 0 Å². The Kier molecular flexibility index (Phi) is 4.93. The molecule has 1 aromatic carbocycles. The number of hydrogen-bond acceptors (Lipinski definition) is 3. The first kappa shape index (κ1) is 15.2. The van der Waals surface area contributed by atoms with Crippen molar-refractivity contribution in [3.8, 4) is 0 Å². The van der Waals surface area contributed by atoms with Crippen LogP contribution in [0.5, 0.6) is 0 Å². The third-order valence-corrected chi connectivity index (χ3v) is 5.13. The van der Waals surface area contributed by atoms with Crippen molar-refractivity contribution in [3.05, 3.63) is 29.8 Å². The van der Waals surface area contributed by atoms with Crippen molar-refractivity contribution in [2.75, 3.05) is 12.8 Å². The smallest absolute Gasteiger partial charge is 0.178 e. The van der Waals surface area contributed by atoms with Crippen LogP contribution in [0.2, 0.25) is 0 Å². The highest BCUT2D eigenvalue weighted by Crippen LogP contribution is 2.16. The molecule has 0 saturated heterocycles. The normalized spacial score (nSPS) is 12.7. The van der Waals surface area contributed by atoms with Gasteiger partial charge in [-0.1, -0.05) is 19.1 Å². The fourth-order valence-electron chi connectivity index (χ4n) is 1.61. The minimum Gasteiger partial charge on any atom is -0.315 e. The van der Waals surface area contributed by atoms with Crippen LogP contribution in [0.1, 0.15) is 32.8 Å². The van der Waals surface area contributed by atoms with Crippen LogP contribution in [0.25, 0.3) is 0 Å². The first-order valence-corrected chi connectivity index (χ1v) is 7.96. The first-order chi connectivity index (χ1) is 8.30. The van der Waals surface area contributed by atoms with Crippen LogP contribution in [0.4, 0.5) is 0 Å². The van der Waals surface area contributed by atoms with Gasteiger partial charge in [-0.05, 0) is 51.4 Å². The Hall–Kier alpha value is -0.870. The minimum atomic E-state index is -3.08. The molecular weight excluding hydrogens is 246 g/mol. The largest absolute Gasteiger partial charge is 0.315 e. The van der Waals surface area contributed by atoms with E-state index in [-0.39, 0.29) is 11.3 Å². The van der Waals surface area contributed by atoms with E-state index in [1.165, 1.54) is 5.56 Å². The van der Waals surface area contributed by atoms with Gasteiger partial charge >= 0.3 is 0 Å². The van der Waals surface area contributed by atoms with Crippen LogP contribution in [0.3, 0.4) is 0 Å². The van der Waals surface area contributed by atoms with E-state index < -0.39 is 9.84 Å². The van der Waals surface area contributed by atoms with Crippen LogP contribution >= 0.6 is 0 Å². The van der Waals surface area contributed by atoms with Gasteiger partial charge in [-0.2, -0.15) is 0 Å². The predicted molar refractivity (Wildman–Crippen MR) is 75.6 cm³/mol. The van der Waals surface area contributed by atoms with Gasteiger partial charge in [0.05, 0.1) is 10.6 Å². The molecule has 0 saturated carbocycles. The summed E-state index contributed by atoms with van der Waals surface area (Å²) in [6.07, 6.45) is 1.96. The SMILES string of the molecule is CCS(=O)(=O)c1ccc(CCC(C)(C)NC)cc1. The Bertz CT molecular complexity index is 475. The van der Waals surface area contributed by atoms with Crippen molar-refractivity contribution in [1.29, 1.82) is 0 Å². The van der Waals surface area contributed by atoms with Gasteiger partial charge in [-0.25, -0.2) is 8.42 Å². The lowest BCUT2D eigenvalue weighted by Gasteiger charge is -2.23. The van der Waals surface area contributed by atoms with Gasteiger partial charge in [0.1, 0.15) is 0 Å². The average molecular weight is 269 g/mol. The van der Waals surface area contributed by atoms with Crippen molar-refractivity contribution in [2.24, 2.45) is 0 Å². The van der Waals surface area contributed by atoms with Gasteiger partial charge in [0.15, 0.2) is 9.84 Å². The molecule has 0 amide bonds. The van der Waals surface area contributed by atoms with Crippen LogP contribution < -0.4 is 5.32 Å². The molecule has 1 aromatic rings. The highest BCUT2D eigenvalue weighted by molar-refractivity contribution is 7.91. The second-order valence-electron chi connectivity index (χ2n) is 5.18. The molecule has 102 valence electrons. The molecule has 0 aromatic heterocycles. The molecule has 0 aliphatic carbocycles. The van der Waals surface area contributed by atoms with Crippen molar-refractivity contribution < 1.29 is 8.42 Å². The molecule has 1 N–H and O–H groups in total. The molecule has 0 bridgehead atoms. The fraction of sp³-hybridized carbons (Fsp3) is 0.571. The molecule has 0 aliphatic rings. The zero-order chi connectivity index (χ0) is 13.8. The van der Waals surface area contributed by atoms with E-state index in [9.17, 15) is 8.42 Å². The summed E-state index contributed by atoms with van der Waals surface area (Å²) in [6.45, 7) is 5.98. The van der Waals surface area contributed by atoms with E-state index in [1.54, 1.807) is 19.1 Å². The molecule has 0 radical (unpaired) electrons. The maximum Gasteiger partial charge on any atom is 0.178 e. The monoisotopic (exact) mass is 269 g/mol. The molecule has 0 heterocycles. The molecule has 0 spiro atoms. The summed E-state index contributed by atoms with van der Waals surface area (Å²) >= 11 is 0. The Balaban J connectivity index is 2.73. The number of benzene rings is 1. The number of nitrogens with one attached hydrogen (secondary N) is 1. The fourth-order valence-corrected chi connectivity index (χ4v) is 2.50. The molecule has 1 rings (SSSR count). The highest BCUT2D eigenvalue weighted by atomic mass is 32.2. The highest BCUT2D eigenvalue weighted by Gasteiger charge is 2.15. The molecule has 0 unspecified atom stereocenters. The van der Waals surface area contributed by atoms with Gasteiger partial charge in [0.2, 0.25) is 0 Å². The van der Waals surface area contributed by atoms with Gasteiger partial charge < -0.3 is 5.32 Å². The topological polar surface area (TPSA) is 46.2 Å². The molecule has 4 heteroatoms. The van der Waals surface area contributed by atoms with Crippen LogP contribution in [0, 0.1) is 0 Å². The molecular formula is C14H23NO2S. The van der Waals surface area contributed by atoms with Gasteiger partial charge in [-0.3, -0.25) is 0 Å². The van der Waals surface area contributed by atoms with Crippen molar-refractivity contribution in [2.45, 2.75) is 44.0 Å². The van der Waals surface area contributed by atoms with E-state index >= 15 is 0 Å². The van der Waals surface area contributed by atoms with Crippen molar-refractivity contribution in [1.82, 2.24) is 5.32 Å². The summed E-state index contributed by atoms with van der Waals surface area (Å²) in [4.78, 5) is 0.418. The van der Waals surface area contributed by atoms with E-state index in [4.69, 9.17) is 0 Å². The van der Waals surface area contributed by atoms with Crippen LogP contribution in [-0.4, -0.2) is 26.8 Å². The lowest BCUT2D eigenvalue weighted by molar-refractivity contribution is 0.393. The van der Waals surface area contributed by atoms with Crippen molar-refractivity contribution >= 4 is 9.84 Å². The Morgan fingerprint density at radius 1 is 1.17 bits per heavy atom. The third-order valence-electron chi connectivity index (χ3n) is 3.38. The second-order valence-corrected chi connectivity index (χ2v) is 7.46. The quantitative estimate of drug-likeness (QED) is 0.862. The molecule has 0 aliphatic heterocycles. The van der Waals surface area contributed by atoms with E-state index in [1.807, 2.05) is 19.2 Å². The van der Waals surface area contributed by atoms with Crippen LogP contribution in [0.15, 0.2) is 29.2 Å². The number of hydrogen-bond donors (Lipinski definition) is 1. The van der Waals surface area contributed by atoms with E-state index in [2.05, 4.69) is 19.2 Å². The zero-order valence-electron chi connectivity index (χ0n) is 11.7. The summed E-state index contributed by atoms with van der Waals surface area (Å²) in [5, 5.41) is 3.26. The van der Waals surface area contributed by atoms with E-state index in [0.717, 1.165) is 12.8 Å². The summed E-state index contributed by atoms with van der Waals surface area (Å²) < 4.78 is 23.3. The summed E-state index contributed by atoms with van der Waals surface area (Å²) in [6, 6.07) is 7.24. The van der Waals surface area contributed by atoms with Gasteiger partial charge in [0, 0.05) is 5.54 Å². The Morgan fingerprint density at radius 3 is 2.17 bits per heavy atom. The summed E-state index contributed by atoms with van der Waals surface area (Å²) in [7, 11) is -1.12. The van der Waals surface area contributed by atoms with Crippen LogP contribution in [-0.2, 0) is 16.3 Å². The third kappa shape index (κ3) is 4.10. The summed E-state index contributed by atoms with van der Waals surface area (Å²) in [5.41, 5.74) is 1.28. The summed E-state index contributed by atoms with van der Waals surface area (Å²) in [5.74, 6) is 0.152. The van der Waals surface area contributed by atoms with Crippen molar-refractivity contribution in [3.63, 3.8) is 0 Å². The maximum atomic E-state index is 11.7. The standard InChI is InChI=1S/C14H23NO2S/c1-5-18(16,17)13-8-6-12(7-9-13)10-11-14(2,3)15-4/h6-9,15H,5,10-11H2,1-4H3. The van der Waals surface area contributed by atoms with Gasteiger partial charge in [0.25, 0.3) is 0 Å². The molecule has 18 heavy (non-hydrogen) atoms. The number of sulfone groups is 1. The maximum absolute atomic E-state index is 11.7. The molecule has 0 fully saturated rings. The lowest BCUT2D eigenvalue weighted by Crippen LogP contribution is -2.36. The molecule has 3 nitrogen and oxygen atoms in total.